The van der Waals surface area contributed by atoms with Gasteiger partial charge in [0.25, 0.3) is 0 Å². The molecule has 1 aliphatic heterocycles. The highest BCUT2D eigenvalue weighted by Crippen LogP contribution is 2.17. The van der Waals surface area contributed by atoms with Gasteiger partial charge < -0.3 is 9.84 Å². The van der Waals surface area contributed by atoms with E-state index in [-0.39, 0.29) is 6.61 Å². The van der Waals surface area contributed by atoms with E-state index in [0.717, 1.165) is 12.4 Å². The molecule has 2 rings (SSSR count). The Hall–Kier alpha value is -1.03. The molecule has 0 radical (unpaired) electrons. The molecule has 0 saturated carbocycles. The number of nitrogens with zero attached hydrogens (tertiary/aromatic N) is 2. The molecule has 0 spiro atoms. The molecule has 0 unspecified atom stereocenters. The Morgan fingerprint density at radius 1 is 1.80 bits per heavy atom. The van der Waals surface area contributed by atoms with E-state index < -0.39 is 0 Å². The quantitative estimate of drug-likeness (QED) is 0.586. The van der Waals surface area contributed by atoms with Gasteiger partial charge in [0.05, 0.1) is 18.8 Å². The Morgan fingerprint density at radius 2 is 2.70 bits per heavy atom. The van der Waals surface area contributed by atoms with E-state index in [9.17, 15) is 0 Å². The lowest BCUT2D eigenvalue weighted by atomic mass is 10.5. The van der Waals surface area contributed by atoms with Gasteiger partial charge in [-0.3, -0.25) is 0 Å². The second-order valence-electron chi connectivity index (χ2n) is 2.20. The average Bonchev–Trinajstić information content (AvgIpc) is 2.42. The van der Waals surface area contributed by atoms with E-state index in [1.165, 1.54) is 0 Å². The van der Waals surface area contributed by atoms with Crippen molar-refractivity contribution in [3.05, 3.63) is 11.8 Å². The Balaban J connectivity index is 2.37. The molecule has 0 aliphatic carbocycles. The molecule has 1 aromatic heterocycles. The first-order valence-electron chi connectivity index (χ1n) is 3.20. The van der Waals surface area contributed by atoms with Crippen molar-refractivity contribution < 1.29 is 9.84 Å². The lowest BCUT2D eigenvalue weighted by molar-refractivity contribution is 0.274. The van der Waals surface area contributed by atoms with Gasteiger partial charge in [-0.25, -0.2) is 4.68 Å². The van der Waals surface area contributed by atoms with Crippen LogP contribution in [-0.2, 0) is 13.2 Å². The van der Waals surface area contributed by atoms with Crippen molar-refractivity contribution in [3.8, 4) is 5.88 Å². The number of ether oxygens (including phenoxy) is 1. The van der Waals surface area contributed by atoms with E-state index in [2.05, 4.69) is 5.10 Å². The molecule has 4 nitrogen and oxygen atoms in total. The molecule has 1 N–H and O–H groups in total. The Kier molecular flexibility index (Phi) is 1.14. The first-order chi connectivity index (χ1) is 4.90. The minimum absolute atomic E-state index is 0.0106. The molecule has 0 aromatic carbocycles. The standard InChI is InChI=1S/C6H8N2O2/c9-4-5-3-6-8(7-5)1-2-10-6/h3,9H,1-2,4H2. The number of fused-ring (bicyclic) bond motifs is 1. The van der Waals surface area contributed by atoms with E-state index >= 15 is 0 Å². The summed E-state index contributed by atoms with van der Waals surface area (Å²) in [5.74, 6) is 0.768. The topological polar surface area (TPSA) is 47.3 Å². The molecule has 0 amide bonds. The smallest absolute Gasteiger partial charge is 0.212 e. The van der Waals surface area contributed by atoms with Crippen molar-refractivity contribution in [3.63, 3.8) is 0 Å². The summed E-state index contributed by atoms with van der Waals surface area (Å²) in [6.45, 7) is 1.49. The summed E-state index contributed by atoms with van der Waals surface area (Å²) < 4.78 is 6.93. The van der Waals surface area contributed by atoms with Crippen LogP contribution in [0, 0.1) is 0 Å². The van der Waals surface area contributed by atoms with Gasteiger partial charge in [-0.1, -0.05) is 0 Å². The summed E-state index contributed by atoms with van der Waals surface area (Å²) >= 11 is 0. The third-order valence-electron chi connectivity index (χ3n) is 1.51. The molecule has 0 saturated heterocycles. The van der Waals surface area contributed by atoms with E-state index in [1.54, 1.807) is 10.7 Å². The summed E-state index contributed by atoms with van der Waals surface area (Å²) in [4.78, 5) is 0. The second-order valence-corrected chi connectivity index (χ2v) is 2.20. The van der Waals surface area contributed by atoms with Crippen LogP contribution in [-0.4, -0.2) is 21.5 Å². The van der Waals surface area contributed by atoms with Gasteiger partial charge in [-0.2, -0.15) is 5.10 Å². The third kappa shape index (κ3) is 0.690. The van der Waals surface area contributed by atoms with Gasteiger partial charge in [-0.15, -0.1) is 0 Å². The fourth-order valence-electron chi connectivity index (χ4n) is 1.04. The second kappa shape index (κ2) is 1.98. The van der Waals surface area contributed by atoms with Crippen LogP contribution in [0.25, 0.3) is 0 Å². The number of rotatable bonds is 1. The van der Waals surface area contributed by atoms with Gasteiger partial charge in [0.15, 0.2) is 0 Å². The predicted molar refractivity (Wildman–Crippen MR) is 33.6 cm³/mol. The van der Waals surface area contributed by atoms with E-state index in [0.29, 0.717) is 12.3 Å². The van der Waals surface area contributed by atoms with Crippen molar-refractivity contribution in [2.24, 2.45) is 0 Å². The van der Waals surface area contributed by atoms with E-state index in [1.807, 2.05) is 0 Å². The normalized spacial score (nSPS) is 14.9. The Labute approximate surface area is 58.0 Å². The van der Waals surface area contributed by atoms with Gasteiger partial charge in [-0.05, 0) is 0 Å². The maximum atomic E-state index is 8.66. The van der Waals surface area contributed by atoms with Crippen LogP contribution in [0.4, 0.5) is 0 Å². The van der Waals surface area contributed by atoms with Crippen molar-refractivity contribution in [1.29, 1.82) is 0 Å². The Morgan fingerprint density at radius 3 is 3.40 bits per heavy atom. The van der Waals surface area contributed by atoms with Gasteiger partial charge >= 0.3 is 0 Å². The van der Waals surface area contributed by atoms with Crippen LogP contribution in [0.5, 0.6) is 5.88 Å². The minimum atomic E-state index is -0.0106. The molecule has 0 bridgehead atoms. The summed E-state index contributed by atoms with van der Waals surface area (Å²) in [5.41, 5.74) is 0.676. The lowest BCUT2D eigenvalue weighted by Crippen LogP contribution is -1.97. The van der Waals surface area contributed by atoms with E-state index in [4.69, 9.17) is 9.84 Å². The SMILES string of the molecule is OCc1cc2n(n1)CCO2. The van der Waals surface area contributed by atoms with Gasteiger partial charge in [0.2, 0.25) is 5.88 Å². The van der Waals surface area contributed by atoms with Crippen LogP contribution in [0.15, 0.2) is 6.07 Å². The zero-order valence-electron chi connectivity index (χ0n) is 5.45. The van der Waals surface area contributed by atoms with Crippen molar-refractivity contribution in [1.82, 2.24) is 9.78 Å². The molecule has 10 heavy (non-hydrogen) atoms. The minimum Gasteiger partial charge on any atom is -0.476 e. The van der Waals surface area contributed by atoms with Crippen LogP contribution in [0.2, 0.25) is 0 Å². The van der Waals surface area contributed by atoms with Crippen LogP contribution < -0.4 is 4.74 Å². The Bertz CT molecular complexity index is 222. The number of hydrogen-bond acceptors (Lipinski definition) is 3. The van der Waals surface area contributed by atoms with Gasteiger partial charge in [0, 0.05) is 6.07 Å². The lowest BCUT2D eigenvalue weighted by Gasteiger charge is -1.86. The van der Waals surface area contributed by atoms with Crippen LogP contribution in [0.3, 0.4) is 0 Å². The van der Waals surface area contributed by atoms with Crippen molar-refractivity contribution in [2.45, 2.75) is 13.2 Å². The monoisotopic (exact) mass is 140 g/mol. The molecule has 1 aliphatic rings. The maximum Gasteiger partial charge on any atom is 0.212 e. The highest BCUT2D eigenvalue weighted by Gasteiger charge is 2.13. The zero-order valence-corrected chi connectivity index (χ0v) is 5.45. The third-order valence-corrected chi connectivity index (χ3v) is 1.51. The molecule has 1 aromatic rings. The molecule has 0 atom stereocenters. The van der Waals surface area contributed by atoms with Crippen molar-refractivity contribution in [2.75, 3.05) is 6.61 Å². The fraction of sp³-hybridized carbons (Fsp3) is 0.500. The first kappa shape index (κ1) is 5.73. The molecular weight excluding hydrogens is 132 g/mol. The zero-order chi connectivity index (χ0) is 6.97. The molecule has 2 heterocycles. The van der Waals surface area contributed by atoms with Crippen LogP contribution >= 0.6 is 0 Å². The van der Waals surface area contributed by atoms with Gasteiger partial charge in [0.1, 0.15) is 6.61 Å². The highest BCUT2D eigenvalue weighted by molar-refractivity contribution is 5.17. The predicted octanol–water partition coefficient (Wildman–Crippen LogP) is -0.232. The molecular formula is C6H8N2O2. The summed E-state index contributed by atoms with van der Waals surface area (Å²) in [6.07, 6.45) is 0. The summed E-state index contributed by atoms with van der Waals surface area (Å²) in [5, 5.41) is 12.7. The number of hydrogen-bond donors (Lipinski definition) is 1. The fourth-order valence-corrected chi connectivity index (χ4v) is 1.04. The largest absolute Gasteiger partial charge is 0.476 e. The molecule has 4 heteroatoms. The maximum absolute atomic E-state index is 8.66. The first-order valence-corrected chi connectivity index (χ1v) is 3.20. The molecule has 0 fully saturated rings. The number of aliphatic hydroxyl groups is 1. The van der Waals surface area contributed by atoms with Crippen molar-refractivity contribution >= 4 is 0 Å². The average molecular weight is 140 g/mol. The highest BCUT2D eigenvalue weighted by atomic mass is 16.5. The number of aromatic nitrogens is 2. The number of aliphatic hydroxyl groups excluding tert-OH is 1. The summed E-state index contributed by atoms with van der Waals surface area (Å²) in [6, 6.07) is 1.76. The summed E-state index contributed by atoms with van der Waals surface area (Å²) in [7, 11) is 0. The molecule has 54 valence electrons. The van der Waals surface area contributed by atoms with Crippen LogP contribution in [0.1, 0.15) is 5.69 Å².